The van der Waals surface area contributed by atoms with Gasteiger partial charge in [0.25, 0.3) is 3.91 Å². The maximum Gasteiger partial charge on any atom is 0.281 e. The van der Waals surface area contributed by atoms with Crippen LogP contribution in [0.5, 0.6) is 0 Å². The van der Waals surface area contributed by atoms with E-state index in [0.717, 1.165) is 12.0 Å². The molecule has 1 amide bonds. The molecule has 0 saturated heterocycles. The zero-order valence-corrected chi connectivity index (χ0v) is 9.61. The Balaban J connectivity index is 2.73. The zero-order valence-electron chi connectivity index (χ0n) is 7.46. The van der Waals surface area contributed by atoms with E-state index in [1.54, 1.807) is 22.6 Å². The van der Waals surface area contributed by atoms with Crippen LogP contribution in [0.15, 0.2) is 30.3 Å². The Kier molecular flexibility index (Phi) is 4.21. The summed E-state index contributed by atoms with van der Waals surface area (Å²) < 4.78 is -0.00620. The van der Waals surface area contributed by atoms with Gasteiger partial charge in [0.05, 0.1) is 6.04 Å². The molecule has 0 bridgehead atoms. The molecular formula is C10H12INO. The summed E-state index contributed by atoms with van der Waals surface area (Å²) in [6.45, 7) is 2.06. The number of hydrogen-bond donors (Lipinski definition) is 1. The smallest absolute Gasteiger partial charge is 0.281 e. The van der Waals surface area contributed by atoms with Crippen LogP contribution in [0.3, 0.4) is 0 Å². The van der Waals surface area contributed by atoms with E-state index < -0.39 is 0 Å². The van der Waals surface area contributed by atoms with Crippen molar-refractivity contribution in [3.63, 3.8) is 0 Å². The van der Waals surface area contributed by atoms with Crippen LogP contribution in [0.1, 0.15) is 24.9 Å². The van der Waals surface area contributed by atoms with Crippen molar-refractivity contribution in [2.75, 3.05) is 0 Å². The standard InChI is InChI=1S/C10H12INO/c1-2-9(12-10(11)13)8-6-4-3-5-7-8/h3-7,9H,2H2,1H3,(H,12,13)/t9-/m1/s1. The molecule has 0 unspecified atom stereocenters. The maximum absolute atomic E-state index is 10.9. The predicted octanol–water partition coefficient (Wildman–Crippen LogP) is 3.28. The molecule has 0 fully saturated rings. The van der Waals surface area contributed by atoms with E-state index in [0.29, 0.717) is 0 Å². The third-order valence-electron chi connectivity index (χ3n) is 1.90. The maximum atomic E-state index is 10.9. The largest absolute Gasteiger partial charge is 0.341 e. The third-order valence-corrected chi connectivity index (χ3v) is 2.21. The van der Waals surface area contributed by atoms with Gasteiger partial charge in [-0.15, -0.1) is 0 Å². The van der Waals surface area contributed by atoms with Gasteiger partial charge >= 0.3 is 0 Å². The molecule has 0 aromatic heterocycles. The van der Waals surface area contributed by atoms with Crippen molar-refractivity contribution in [1.29, 1.82) is 0 Å². The minimum atomic E-state index is -0.00620. The number of benzene rings is 1. The fraction of sp³-hybridized carbons (Fsp3) is 0.300. The molecule has 70 valence electrons. The highest BCUT2D eigenvalue weighted by Crippen LogP contribution is 2.16. The van der Waals surface area contributed by atoms with E-state index in [-0.39, 0.29) is 9.96 Å². The first-order chi connectivity index (χ1) is 6.24. The van der Waals surface area contributed by atoms with Crippen molar-refractivity contribution in [3.05, 3.63) is 35.9 Å². The van der Waals surface area contributed by atoms with Crippen LogP contribution in [-0.2, 0) is 0 Å². The summed E-state index contributed by atoms with van der Waals surface area (Å²) in [6, 6.07) is 10.1. The molecule has 0 heterocycles. The number of nitrogens with one attached hydrogen (secondary N) is 1. The topological polar surface area (TPSA) is 29.1 Å². The summed E-state index contributed by atoms with van der Waals surface area (Å²) in [4.78, 5) is 10.9. The first kappa shape index (κ1) is 10.5. The second-order valence-corrected chi connectivity index (χ2v) is 3.77. The molecule has 1 atom stereocenters. The van der Waals surface area contributed by atoms with Gasteiger partial charge in [-0.05, 0) is 12.0 Å². The van der Waals surface area contributed by atoms with E-state index in [1.807, 2.05) is 30.3 Å². The van der Waals surface area contributed by atoms with Gasteiger partial charge in [0, 0.05) is 22.6 Å². The molecule has 1 rings (SSSR count). The average molecular weight is 289 g/mol. The Bertz CT molecular complexity index is 274. The normalized spacial score (nSPS) is 12.2. The monoisotopic (exact) mass is 289 g/mol. The van der Waals surface area contributed by atoms with Crippen LogP contribution >= 0.6 is 22.6 Å². The molecule has 1 aromatic carbocycles. The van der Waals surface area contributed by atoms with Crippen LogP contribution in [-0.4, -0.2) is 3.91 Å². The van der Waals surface area contributed by atoms with Crippen molar-refractivity contribution in [2.24, 2.45) is 0 Å². The predicted molar refractivity (Wildman–Crippen MR) is 62.0 cm³/mol. The number of amides is 1. The van der Waals surface area contributed by atoms with Gasteiger partial charge in [-0.2, -0.15) is 0 Å². The lowest BCUT2D eigenvalue weighted by molar-refractivity contribution is 0.259. The van der Waals surface area contributed by atoms with Gasteiger partial charge in [-0.3, -0.25) is 4.79 Å². The lowest BCUT2D eigenvalue weighted by Crippen LogP contribution is -2.22. The van der Waals surface area contributed by atoms with E-state index >= 15 is 0 Å². The van der Waals surface area contributed by atoms with Gasteiger partial charge in [0.1, 0.15) is 0 Å². The molecule has 0 aliphatic heterocycles. The molecule has 13 heavy (non-hydrogen) atoms. The summed E-state index contributed by atoms with van der Waals surface area (Å²) in [7, 11) is 0. The highest BCUT2D eigenvalue weighted by molar-refractivity contribution is 14.1. The van der Waals surface area contributed by atoms with Crippen LogP contribution in [0.25, 0.3) is 0 Å². The van der Waals surface area contributed by atoms with Crippen LogP contribution in [0, 0.1) is 0 Å². The van der Waals surface area contributed by atoms with Crippen molar-refractivity contribution in [2.45, 2.75) is 19.4 Å². The van der Waals surface area contributed by atoms with E-state index in [9.17, 15) is 4.79 Å². The second kappa shape index (κ2) is 5.21. The highest BCUT2D eigenvalue weighted by atomic mass is 127. The minimum absolute atomic E-state index is 0.00620. The van der Waals surface area contributed by atoms with E-state index in [1.165, 1.54) is 0 Å². The Morgan fingerprint density at radius 1 is 1.46 bits per heavy atom. The molecule has 0 radical (unpaired) electrons. The summed E-state index contributed by atoms with van der Waals surface area (Å²) >= 11 is 1.76. The van der Waals surface area contributed by atoms with Crippen molar-refractivity contribution in [3.8, 4) is 0 Å². The Hall–Kier alpha value is -0.580. The lowest BCUT2D eigenvalue weighted by Gasteiger charge is -2.15. The fourth-order valence-electron chi connectivity index (χ4n) is 1.24. The molecule has 2 nitrogen and oxygen atoms in total. The molecule has 0 aliphatic carbocycles. The molecule has 0 saturated carbocycles. The van der Waals surface area contributed by atoms with Gasteiger partial charge in [0.2, 0.25) is 0 Å². The number of hydrogen-bond acceptors (Lipinski definition) is 1. The first-order valence-electron chi connectivity index (χ1n) is 4.25. The average Bonchev–Trinajstić information content (AvgIpc) is 2.15. The summed E-state index contributed by atoms with van der Waals surface area (Å²) in [5.41, 5.74) is 1.16. The van der Waals surface area contributed by atoms with Crippen LogP contribution in [0.2, 0.25) is 0 Å². The number of rotatable bonds is 3. The quantitative estimate of drug-likeness (QED) is 0.516. The molecule has 1 aromatic rings. The van der Waals surface area contributed by atoms with Gasteiger partial charge in [-0.1, -0.05) is 37.3 Å². The van der Waals surface area contributed by atoms with E-state index in [4.69, 9.17) is 0 Å². The molecule has 0 spiro atoms. The Labute approximate surface area is 91.9 Å². The van der Waals surface area contributed by atoms with Gasteiger partial charge in [-0.25, -0.2) is 0 Å². The fourth-order valence-corrected chi connectivity index (χ4v) is 1.62. The third kappa shape index (κ3) is 3.34. The van der Waals surface area contributed by atoms with Crippen molar-refractivity contribution >= 4 is 26.5 Å². The summed E-state index contributed by atoms with van der Waals surface area (Å²) in [5.74, 6) is 0. The molecule has 3 heteroatoms. The molecule has 0 aliphatic rings. The van der Waals surface area contributed by atoms with Crippen LogP contribution in [0.4, 0.5) is 4.79 Å². The number of halogens is 1. The zero-order chi connectivity index (χ0) is 9.68. The number of carbonyl (C=O) groups excluding carboxylic acids is 1. The molecular weight excluding hydrogens is 277 g/mol. The second-order valence-electron chi connectivity index (χ2n) is 2.79. The minimum Gasteiger partial charge on any atom is -0.341 e. The Morgan fingerprint density at radius 2 is 2.08 bits per heavy atom. The number of carbonyl (C=O) groups is 1. The first-order valence-corrected chi connectivity index (χ1v) is 5.33. The van der Waals surface area contributed by atoms with Gasteiger partial charge in [0.15, 0.2) is 0 Å². The summed E-state index contributed by atoms with van der Waals surface area (Å²) in [5, 5.41) is 2.89. The lowest BCUT2D eigenvalue weighted by atomic mass is 10.1. The van der Waals surface area contributed by atoms with Crippen molar-refractivity contribution < 1.29 is 4.79 Å². The SMILES string of the molecule is CC[C@@H](NC(=O)I)c1ccccc1. The van der Waals surface area contributed by atoms with Crippen LogP contribution < -0.4 is 5.32 Å². The van der Waals surface area contributed by atoms with E-state index in [2.05, 4.69) is 12.2 Å². The summed E-state index contributed by atoms with van der Waals surface area (Å²) in [6.07, 6.45) is 0.915. The molecule has 1 N–H and O–H groups in total. The Morgan fingerprint density at radius 3 is 2.54 bits per heavy atom. The van der Waals surface area contributed by atoms with Gasteiger partial charge < -0.3 is 5.32 Å². The highest BCUT2D eigenvalue weighted by Gasteiger charge is 2.09. The van der Waals surface area contributed by atoms with Crippen molar-refractivity contribution in [1.82, 2.24) is 5.32 Å².